The average Bonchev–Trinajstić information content (AvgIpc) is 2.88. The summed E-state index contributed by atoms with van der Waals surface area (Å²) in [5.74, 6) is 0.170. The van der Waals surface area contributed by atoms with Crippen molar-refractivity contribution in [3.05, 3.63) is 111 Å². The number of fused-ring (bicyclic) bond motifs is 1. The minimum absolute atomic E-state index is 0.0151. The lowest BCUT2D eigenvalue weighted by atomic mass is 10.0. The van der Waals surface area contributed by atoms with E-state index in [-0.39, 0.29) is 29.5 Å². The lowest BCUT2D eigenvalue weighted by Gasteiger charge is -2.16. The summed E-state index contributed by atoms with van der Waals surface area (Å²) >= 11 is 0. The number of nitrogens with zero attached hydrogens (tertiary/aromatic N) is 3. The molecule has 0 unspecified atom stereocenters. The second kappa shape index (κ2) is 10.7. The van der Waals surface area contributed by atoms with Crippen LogP contribution < -0.4 is 15.6 Å². The van der Waals surface area contributed by atoms with Crippen LogP contribution in [0, 0.1) is 18.3 Å². The van der Waals surface area contributed by atoms with Crippen LogP contribution in [0.1, 0.15) is 42.0 Å². The molecular formula is C29H26N4O3. The van der Waals surface area contributed by atoms with Crippen LogP contribution in [0.3, 0.4) is 0 Å². The van der Waals surface area contributed by atoms with Crippen molar-refractivity contribution in [3.8, 4) is 17.7 Å². The predicted octanol–water partition coefficient (Wildman–Crippen LogP) is 5.14. The summed E-state index contributed by atoms with van der Waals surface area (Å²) in [4.78, 5) is 30.8. The molecule has 0 fully saturated rings. The van der Waals surface area contributed by atoms with Crippen molar-refractivity contribution < 1.29 is 9.53 Å². The van der Waals surface area contributed by atoms with Gasteiger partial charge >= 0.3 is 0 Å². The van der Waals surface area contributed by atoms with Crippen LogP contribution in [0.15, 0.2) is 83.3 Å². The van der Waals surface area contributed by atoms with E-state index in [2.05, 4.69) is 10.3 Å². The monoisotopic (exact) mass is 478 g/mol. The number of nitrogens with one attached hydrogen (secondary N) is 1. The molecule has 2 heterocycles. The number of amides is 1. The summed E-state index contributed by atoms with van der Waals surface area (Å²) in [5, 5.41) is 12.5. The fourth-order valence-corrected chi connectivity index (χ4v) is 3.76. The number of carbonyl (C=O) groups excluding carboxylic acids is 1. The van der Waals surface area contributed by atoms with Crippen molar-refractivity contribution in [2.75, 3.05) is 0 Å². The highest BCUT2D eigenvalue weighted by atomic mass is 16.5. The number of aryl methyl sites for hydroxylation is 1. The second-order valence-corrected chi connectivity index (χ2v) is 8.70. The van der Waals surface area contributed by atoms with Crippen LogP contribution in [-0.4, -0.2) is 15.3 Å². The SMILES string of the molecule is Cc1ccc(C(C)C)c(Oc2nc3ccccn3c(=O)c2C=C(C#N)C(=O)NCc2ccccc2)c1. The van der Waals surface area contributed by atoms with Gasteiger partial charge in [-0.2, -0.15) is 10.2 Å². The first-order valence-electron chi connectivity index (χ1n) is 11.6. The predicted molar refractivity (Wildman–Crippen MR) is 139 cm³/mol. The molecule has 0 spiro atoms. The average molecular weight is 479 g/mol. The Balaban J connectivity index is 1.79. The number of aromatic nitrogens is 2. The Morgan fingerprint density at radius 1 is 1.14 bits per heavy atom. The molecule has 7 nitrogen and oxygen atoms in total. The van der Waals surface area contributed by atoms with E-state index in [9.17, 15) is 14.9 Å². The maximum Gasteiger partial charge on any atom is 0.269 e. The van der Waals surface area contributed by atoms with E-state index in [1.165, 1.54) is 10.5 Å². The molecule has 180 valence electrons. The molecule has 0 atom stereocenters. The summed E-state index contributed by atoms with van der Waals surface area (Å²) in [7, 11) is 0. The highest BCUT2D eigenvalue weighted by Gasteiger charge is 2.19. The Hall–Kier alpha value is -4.70. The maximum atomic E-state index is 13.4. The Bertz CT molecular complexity index is 1550. The molecule has 4 aromatic rings. The van der Waals surface area contributed by atoms with E-state index in [1.807, 2.05) is 75.4 Å². The van der Waals surface area contributed by atoms with Gasteiger partial charge in [0.15, 0.2) is 0 Å². The van der Waals surface area contributed by atoms with Crippen molar-refractivity contribution in [1.29, 1.82) is 5.26 Å². The van der Waals surface area contributed by atoms with E-state index in [0.29, 0.717) is 11.4 Å². The van der Waals surface area contributed by atoms with Gasteiger partial charge < -0.3 is 10.1 Å². The molecule has 2 aromatic carbocycles. The zero-order valence-electron chi connectivity index (χ0n) is 20.4. The Kier molecular flexibility index (Phi) is 7.26. The van der Waals surface area contributed by atoms with Gasteiger partial charge in [-0.15, -0.1) is 0 Å². The Morgan fingerprint density at radius 3 is 2.61 bits per heavy atom. The molecule has 0 aliphatic carbocycles. The molecular weight excluding hydrogens is 452 g/mol. The second-order valence-electron chi connectivity index (χ2n) is 8.70. The van der Waals surface area contributed by atoms with Gasteiger partial charge in [0, 0.05) is 12.7 Å². The highest BCUT2D eigenvalue weighted by Crippen LogP contribution is 2.32. The molecule has 0 aliphatic rings. The number of ether oxygens (including phenoxy) is 1. The summed E-state index contributed by atoms with van der Waals surface area (Å²) < 4.78 is 7.57. The van der Waals surface area contributed by atoms with Gasteiger partial charge in [-0.3, -0.25) is 14.0 Å². The van der Waals surface area contributed by atoms with Gasteiger partial charge in [0.25, 0.3) is 11.5 Å². The molecule has 1 amide bonds. The number of nitriles is 1. The number of hydrogen-bond donors (Lipinski definition) is 1. The van der Waals surface area contributed by atoms with E-state index in [1.54, 1.807) is 24.4 Å². The molecule has 0 saturated heterocycles. The number of pyridine rings is 1. The molecule has 7 heteroatoms. The fourth-order valence-electron chi connectivity index (χ4n) is 3.76. The molecule has 4 rings (SSSR count). The van der Waals surface area contributed by atoms with Crippen molar-refractivity contribution >= 4 is 17.6 Å². The minimum atomic E-state index is -0.594. The highest BCUT2D eigenvalue weighted by molar-refractivity contribution is 6.01. The van der Waals surface area contributed by atoms with E-state index in [4.69, 9.17) is 4.74 Å². The zero-order chi connectivity index (χ0) is 25.7. The fraction of sp³-hybridized carbons (Fsp3) is 0.172. The number of rotatable bonds is 7. The van der Waals surface area contributed by atoms with Crippen LogP contribution in [0.25, 0.3) is 11.7 Å². The first kappa shape index (κ1) is 24.4. The zero-order valence-corrected chi connectivity index (χ0v) is 20.4. The van der Waals surface area contributed by atoms with Crippen LogP contribution in [0.4, 0.5) is 0 Å². The van der Waals surface area contributed by atoms with Crippen LogP contribution in [0.2, 0.25) is 0 Å². The topological polar surface area (TPSA) is 96.5 Å². The molecule has 0 radical (unpaired) electrons. The van der Waals surface area contributed by atoms with Gasteiger partial charge in [-0.05, 0) is 53.8 Å². The minimum Gasteiger partial charge on any atom is -0.438 e. The lowest BCUT2D eigenvalue weighted by molar-refractivity contribution is -0.117. The van der Waals surface area contributed by atoms with Gasteiger partial charge in [0.1, 0.15) is 28.6 Å². The summed E-state index contributed by atoms with van der Waals surface area (Å²) in [6, 6.07) is 22.3. The number of benzene rings is 2. The number of hydrogen-bond acceptors (Lipinski definition) is 5. The van der Waals surface area contributed by atoms with E-state index >= 15 is 0 Å². The smallest absolute Gasteiger partial charge is 0.269 e. The molecule has 2 aromatic heterocycles. The summed E-state index contributed by atoms with van der Waals surface area (Å²) in [6.07, 6.45) is 2.83. The first-order chi connectivity index (χ1) is 17.4. The van der Waals surface area contributed by atoms with Crippen LogP contribution >= 0.6 is 0 Å². The van der Waals surface area contributed by atoms with Gasteiger partial charge in [-0.1, -0.05) is 62.4 Å². The van der Waals surface area contributed by atoms with Crippen LogP contribution in [0.5, 0.6) is 11.6 Å². The van der Waals surface area contributed by atoms with Gasteiger partial charge in [-0.25, -0.2) is 0 Å². The standard InChI is InChI=1S/C29H26N4O3/c1-19(2)23-13-12-20(3)15-25(23)36-28-24(29(35)33-14-8-7-11-26(33)32-28)16-22(17-30)27(34)31-18-21-9-5-4-6-10-21/h4-16,19H,18H2,1-3H3,(H,31,34). The van der Waals surface area contributed by atoms with Gasteiger partial charge in [0.2, 0.25) is 5.88 Å². The largest absolute Gasteiger partial charge is 0.438 e. The first-order valence-corrected chi connectivity index (χ1v) is 11.6. The molecule has 0 aliphatic heterocycles. The molecule has 1 N–H and O–H groups in total. The van der Waals surface area contributed by atoms with Crippen molar-refractivity contribution in [2.45, 2.75) is 33.2 Å². The van der Waals surface area contributed by atoms with Crippen molar-refractivity contribution in [1.82, 2.24) is 14.7 Å². The van der Waals surface area contributed by atoms with Crippen molar-refractivity contribution in [3.63, 3.8) is 0 Å². The maximum absolute atomic E-state index is 13.4. The molecule has 36 heavy (non-hydrogen) atoms. The third kappa shape index (κ3) is 5.34. The van der Waals surface area contributed by atoms with Crippen LogP contribution in [-0.2, 0) is 11.3 Å². The Labute approximate surface area is 209 Å². The van der Waals surface area contributed by atoms with Gasteiger partial charge in [0.05, 0.1) is 0 Å². The summed E-state index contributed by atoms with van der Waals surface area (Å²) in [5.41, 5.74) is 2.56. The molecule has 0 saturated carbocycles. The third-order valence-electron chi connectivity index (χ3n) is 5.68. The molecule has 0 bridgehead atoms. The lowest BCUT2D eigenvalue weighted by Crippen LogP contribution is -2.25. The Morgan fingerprint density at radius 2 is 1.89 bits per heavy atom. The normalized spacial score (nSPS) is 11.4. The van der Waals surface area contributed by atoms with E-state index < -0.39 is 11.5 Å². The van der Waals surface area contributed by atoms with Crippen molar-refractivity contribution in [2.24, 2.45) is 0 Å². The number of carbonyl (C=O) groups is 1. The third-order valence-corrected chi connectivity index (χ3v) is 5.68. The quantitative estimate of drug-likeness (QED) is 0.293. The summed E-state index contributed by atoms with van der Waals surface area (Å²) in [6.45, 7) is 6.29. The van der Waals surface area contributed by atoms with E-state index in [0.717, 1.165) is 16.7 Å².